The maximum absolute atomic E-state index is 12.4. The number of thiophene rings is 1. The van der Waals surface area contributed by atoms with Crippen molar-refractivity contribution in [3.05, 3.63) is 59.2 Å². The van der Waals surface area contributed by atoms with Crippen LogP contribution in [0.2, 0.25) is 0 Å². The van der Waals surface area contributed by atoms with E-state index in [-0.39, 0.29) is 11.9 Å². The van der Waals surface area contributed by atoms with Crippen molar-refractivity contribution in [3.8, 4) is 0 Å². The number of rotatable bonds is 3. The largest absolute Gasteiger partial charge is 0.397 e. The summed E-state index contributed by atoms with van der Waals surface area (Å²) in [5.74, 6) is -0.160. The van der Waals surface area contributed by atoms with E-state index in [0.717, 1.165) is 15.8 Å². The number of hydrogen-bond acceptors (Lipinski definition) is 4. The molecule has 1 atom stereocenters. The number of amides is 1. The number of nitrogens with one attached hydrogen (secondary N) is 1. The number of nitrogens with zero attached hydrogens (tertiary/aromatic N) is 1. The van der Waals surface area contributed by atoms with E-state index in [1.807, 2.05) is 49.4 Å². The summed E-state index contributed by atoms with van der Waals surface area (Å²) in [4.78, 5) is 17.2. The van der Waals surface area contributed by atoms with E-state index >= 15 is 0 Å². The number of nitrogen functional groups attached to an aromatic ring is 1. The van der Waals surface area contributed by atoms with Crippen LogP contribution in [0.1, 0.15) is 28.3 Å². The predicted molar refractivity (Wildman–Crippen MR) is 86.4 cm³/mol. The van der Waals surface area contributed by atoms with Crippen LogP contribution in [0.3, 0.4) is 0 Å². The van der Waals surface area contributed by atoms with Crippen LogP contribution in [-0.2, 0) is 0 Å². The lowest BCUT2D eigenvalue weighted by Gasteiger charge is -2.12. The smallest absolute Gasteiger partial charge is 0.264 e. The number of fused-ring (bicyclic) bond motifs is 1. The standard InChI is InChI=1S/C16H15N3OS/c1-10(12-7-4-5-9-18-12)19-16(20)15-14(17)11-6-2-3-8-13(11)21-15/h2-10H,17H2,1H3,(H,19,20). The highest BCUT2D eigenvalue weighted by atomic mass is 32.1. The Hall–Kier alpha value is -2.40. The van der Waals surface area contributed by atoms with E-state index in [1.165, 1.54) is 11.3 Å². The molecular weight excluding hydrogens is 282 g/mol. The van der Waals surface area contributed by atoms with Crippen LogP contribution in [0.5, 0.6) is 0 Å². The Morgan fingerprint density at radius 1 is 1.24 bits per heavy atom. The van der Waals surface area contributed by atoms with Gasteiger partial charge in [0.25, 0.3) is 5.91 Å². The van der Waals surface area contributed by atoms with Crippen LogP contribution in [0.4, 0.5) is 5.69 Å². The molecule has 5 heteroatoms. The zero-order chi connectivity index (χ0) is 14.8. The number of pyridine rings is 1. The Morgan fingerprint density at radius 2 is 2.00 bits per heavy atom. The molecule has 1 aromatic carbocycles. The van der Waals surface area contributed by atoms with Crippen molar-refractivity contribution in [2.24, 2.45) is 0 Å². The first-order valence-corrected chi connectivity index (χ1v) is 7.47. The Labute approximate surface area is 126 Å². The highest BCUT2D eigenvalue weighted by Crippen LogP contribution is 2.33. The third-order valence-corrected chi connectivity index (χ3v) is 4.50. The zero-order valence-corrected chi connectivity index (χ0v) is 12.4. The molecule has 0 aliphatic rings. The van der Waals surface area contributed by atoms with Gasteiger partial charge < -0.3 is 11.1 Å². The van der Waals surface area contributed by atoms with Crippen molar-refractivity contribution in [2.75, 3.05) is 5.73 Å². The minimum absolute atomic E-state index is 0.160. The first kappa shape index (κ1) is 13.6. The lowest BCUT2D eigenvalue weighted by Crippen LogP contribution is -2.27. The summed E-state index contributed by atoms with van der Waals surface area (Å²) >= 11 is 1.41. The third kappa shape index (κ3) is 2.60. The zero-order valence-electron chi connectivity index (χ0n) is 11.5. The summed E-state index contributed by atoms with van der Waals surface area (Å²) < 4.78 is 1.02. The lowest BCUT2D eigenvalue weighted by molar-refractivity contribution is 0.0944. The molecule has 1 unspecified atom stereocenters. The third-order valence-electron chi connectivity index (χ3n) is 3.32. The van der Waals surface area contributed by atoms with Crippen molar-refractivity contribution < 1.29 is 4.79 Å². The Balaban J connectivity index is 1.86. The summed E-state index contributed by atoms with van der Waals surface area (Å²) in [6.07, 6.45) is 1.71. The van der Waals surface area contributed by atoms with Gasteiger partial charge in [0.05, 0.1) is 17.4 Å². The van der Waals surface area contributed by atoms with Gasteiger partial charge >= 0.3 is 0 Å². The molecule has 0 aliphatic heterocycles. The fourth-order valence-corrected chi connectivity index (χ4v) is 3.23. The van der Waals surface area contributed by atoms with E-state index in [9.17, 15) is 4.79 Å². The van der Waals surface area contributed by atoms with Crippen molar-refractivity contribution in [1.29, 1.82) is 0 Å². The van der Waals surface area contributed by atoms with E-state index in [2.05, 4.69) is 10.3 Å². The summed E-state index contributed by atoms with van der Waals surface area (Å²) in [6, 6.07) is 13.2. The molecular formula is C16H15N3OS. The Bertz CT molecular complexity index is 783. The van der Waals surface area contributed by atoms with E-state index in [4.69, 9.17) is 5.73 Å². The first-order valence-electron chi connectivity index (χ1n) is 6.65. The van der Waals surface area contributed by atoms with Crippen LogP contribution < -0.4 is 11.1 Å². The molecule has 2 aromatic heterocycles. The molecule has 0 fully saturated rings. The van der Waals surface area contributed by atoms with Crippen molar-refractivity contribution in [3.63, 3.8) is 0 Å². The molecule has 3 aromatic rings. The van der Waals surface area contributed by atoms with Gasteiger partial charge in [0, 0.05) is 16.3 Å². The van der Waals surface area contributed by atoms with Crippen molar-refractivity contribution in [1.82, 2.24) is 10.3 Å². The van der Waals surface area contributed by atoms with Gasteiger partial charge in [-0.1, -0.05) is 24.3 Å². The molecule has 2 heterocycles. The maximum Gasteiger partial charge on any atom is 0.264 e. The second-order valence-corrected chi connectivity index (χ2v) is 5.84. The van der Waals surface area contributed by atoms with Crippen LogP contribution >= 0.6 is 11.3 Å². The van der Waals surface area contributed by atoms with Gasteiger partial charge in [-0.2, -0.15) is 0 Å². The molecule has 0 aliphatic carbocycles. The average molecular weight is 297 g/mol. The number of aromatic nitrogens is 1. The molecule has 4 nitrogen and oxygen atoms in total. The van der Waals surface area contributed by atoms with Gasteiger partial charge in [-0.3, -0.25) is 9.78 Å². The number of carbonyl (C=O) groups excluding carboxylic acids is 1. The molecule has 3 rings (SSSR count). The molecule has 21 heavy (non-hydrogen) atoms. The monoisotopic (exact) mass is 297 g/mol. The highest BCUT2D eigenvalue weighted by molar-refractivity contribution is 7.21. The maximum atomic E-state index is 12.4. The SMILES string of the molecule is CC(NC(=O)c1sc2ccccc2c1N)c1ccccn1. The number of hydrogen-bond donors (Lipinski definition) is 2. The first-order chi connectivity index (χ1) is 10.2. The van der Waals surface area contributed by atoms with Gasteiger partial charge in [-0.25, -0.2) is 0 Å². The molecule has 0 saturated carbocycles. The minimum Gasteiger partial charge on any atom is -0.397 e. The minimum atomic E-state index is -0.164. The van der Waals surface area contributed by atoms with Gasteiger partial charge in [-0.15, -0.1) is 11.3 Å². The van der Waals surface area contributed by atoms with Crippen molar-refractivity contribution in [2.45, 2.75) is 13.0 Å². The Kier molecular flexibility index (Phi) is 3.58. The summed E-state index contributed by atoms with van der Waals surface area (Å²) in [6.45, 7) is 1.91. The normalized spacial score (nSPS) is 12.2. The van der Waals surface area contributed by atoms with E-state index in [0.29, 0.717) is 10.6 Å². The quantitative estimate of drug-likeness (QED) is 0.779. The molecule has 1 amide bonds. The van der Waals surface area contributed by atoms with Crippen LogP contribution in [0, 0.1) is 0 Å². The van der Waals surface area contributed by atoms with Gasteiger partial charge in [-0.05, 0) is 25.1 Å². The molecule has 0 radical (unpaired) electrons. The summed E-state index contributed by atoms with van der Waals surface area (Å²) in [5, 5.41) is 3.87. The fraction of sp³-hybridized carbons (Fsp3) is 0.125. The molecule has 106 valence electrons. The van der Waals surface area contributed by atoms with Gasteiger partial charge in [0.1, 0.15) is 4.88 Å². The van der Waals surface area contributed by atoms with E-state index in [1.54, 1.807) is 6.20 Å². The van der Waals surface area contributed by atoms with Crippen molar-refractivity contribution >= 4 is 33.0 Å². The summed E-state index contributed by atoms with van der Waals surface area (Å²) in [5.41, 5.74) is 7.46. The average Bonchev–Trinajstić information content (AvgIpc) is 2.86. The summed E-state index contributed by atoms with van der Waals surface area (Å²) in [7, 11) is 0. The number of anilines is 1. The topological polar surface area (TPSA) is 68.0 Å². The number of benzene rings is 1. The number of carbonyl (C=O) groups is 1. The molecule has 0 saturated heterocycles. The lowest BCUT2D eigenvalue weighted by atomic mass is 10.2. The Morgan fingerprint density at radius 3 is 2.71 bits per heavy atom. The number of nitrogens with two attached hydrogens (primary N) is 1. The molecule has 3 N–H and O–H groups in total. The highest BCUT2D eigenvalue weighted by Gasteiger charge is 2.18. The fourth-order valence-electron chi connectivity index (χ4n) is 2.20. The van der Waals surface area contributed by atoms with Gasteiger partial charge in [0.15, 0.2) is 0 Å². The van der Waals surface area contributed by atoms with E-state index < -0.39 is 0 Å². The second kappa shape index (κ2) is 5.54. The van der Waals surface area contributed by atoms with Gasteiger partial charge in [0.2, 0.25) is 0 Å². The molecule has 0 bridgehead atoms. The molecule has 0 spiro atoms. The van der Waals surface area contributed by atoms with Crippen LogP contribution in [0.25, 0.3) is 10.1 Å². The van der Waals surface area contributed by atoms with Crippen LogP contribution in [-0.4, -0.2) is 10.9 Å². The van der Waals surface area contributed by atoms with Crippen LogP contribution in [0.15, 0.2) is 48.7 Å². The predicted octanol–water partition coefficient (Wildman–Crippen LogP) is 3.37. The second-order valence-electron chi connectivity index (χ2n) is 4.79.